The molecule has 0 bridgehead atoms. The lowest BCUT2D eigenvalue weighted by molar-refractivity contribution is -0.111. The van der Waals surface area contributed by atoms with Crippen molar-refractivity contribution in [2.75, 3.05) is 12.4 Å². The number of hydrogen-bond acceptors (Lipinski definition) is 3. The highest BCUT2D eigenvalue weighted by Gasteiger charge is 2.06. The number of phenolic OH excluding ortho intramolecular Hbond substituents is 1. The van der Waals surface area contributed by atoms with Crippen LogP contribution in [-0.2, 0) is 4.79 Å². The molecule has 0 aliphatic rings. The summed E-state index contributed by atoms with van der Waals surface area (Å²) in [7, 11) is 1.56. The van der Waals surface area contributed by atoms with Gasteiger partial charge in [-0.15, -0.1) is 0 Å². The van der Waals surface area contributed by atoms with Gasteiger partial charge >= 0.3 is 0 Å². The number of nitrogens with one attached hydrogen (secondary N) is 1. The molecule has 0 heterocycles. The summed E-state index contributed by atoms with van der Waals surface area (Å²) in [6.07, 6.45) is 2.98. The highest BCUT2D eigenvalue weighted by Crippen LogP contribution is 2.27. The molecule has 0 radical (unpaired) electrons. The van der Waals surface area contributed by atoms with E-state index in [4.69, 9.17) is 16.3 Å². The van der Waals surface area contributed by atoms with Gasteiger partial charge in [-0.3, -0.25) is 4.79 Å². The van der Waals surface area contributed by atoms with Crippen molar-refractivity contribution in [2.45, 2.75) is 0 Å². The molecule has 2 N–H and O–H groups in total. The number of carbonyl (C=O) groups is 1. The van der Waals surface area contributed by atoms with Gasteiger partial charge in [0.05, 0.1) is 12.8 Å². The maximum Gasteiger partial charge on any atom is 0.248 e. The van der Waals surface area contributed by atoms with Gasteiger partial charge in [-0.1, -0.05) is 27.5 Å². The Labute approximate surface area is 141 Å². The zero-order valence-electron chi connectivity index (χ0n) is 11.6. The molecule has 114 valence electrons. The van der Waals surface area contributed by atoms with E-state index in [-0.39, 0.29) is 17.3 Å². The van der Waals surface area contributed by atoms with Gasteiger partial charge in [0.1, 0.15) is 11.5 Å². The topological polar surface area (TPSA) is 58.6 Å². The minimum Gasteiger partial charge on any atom is -0.506 e. The molecule has 0 atom stereocenters. The molecule has 0 aliphatic carbocycles. The zero-order chi connectivity index (χ0) is 16.1. The summed E-state index contributed by atoms with van der Waals surface area (Å²) in [4.78, 5) is 11.9. The Hall–Kier alpha value is -1.98. The fourth-order valence-electron chi connectivity index (χ4n) is 1.78. The molecule has 0 spiro atoms. The quantitative estimate of drug-likeness (QED) is 0.606. The van der Waals surface area contributed by atoms with E-state index in [0.29, 0.717) is 10.8 Å². The summed E-state index contributed by atoms with van der Waals surface area (Å²) in [5.41, 5.74) is 1.01. The lowest BCUT2D eigenvalue weighted by Crippen LogP contribution is -2.07. The van der Waals surface area contributed by atoms with Gasteiger partial charge in [-0.05, 0) is 42.5 Å². The molecule has 0 saturated carbocycles. The van der Waals surface area contributed by atoms with Crippen molar-refractivity contribution in [1.29, 1.82) is 0 Å². The van der Waals surface area contributed by atoms with Crippen LogP contribution in [0.15, 0.2) is 46.9 Å². The van der Waals surface area contributed by atoms with Gasteiger partial charge in [0.2, 0.25) is 5.91 Å². The number of anilines is 1. The van der Waals surface area contributed by atoms with E-state index >= 15 is 0 Å². The second kappa shape index (κ2) is 7.33. The maximum absolute atomic E-state index is 11.9. The Balaban J connectivity index is 2.15. The van der Waals surface area contributed by atoms with Gasteiger partial charge in [0.15, 0.2) is 0 Å². The Morgan fingerprint density at radius 3 is 2.82 bits per heavy atom. The summed E-state index contributed by atoms with van der Waals surface area (Å²) < 4.78 is 6.10. The number of amides is 1. The fraction of sp³-hybridized carbons (Fsp3) is 0.0625. The summed E-state index contributed by atoms with van der Waals surface area (Å²) in [6.45, 7) is 0. The molecule has 4 nitrogen and oxygen atoms in total. The number of ether oxygens (including phenoxy) is 1. The summed E-state index contributed by atoms with van der Waals surface area (Å²) >= 11 is 9.19. The third kappa shape index (κ3) is 4.26. The average molecular weight is 383 g/mol. The Bertz CT molecular complexity index is 731. The molecule has 0 aliphatic heterocycles. The highest BCUT2D eigenvalue weighted by atomic mass is 79.9. The first-order valence-corrected chi connectivity index (χ1v) is 7.48. The van der Waals surface area contributed by atoms with Crippen molar-refractivity contribution >= 4 is 45.2 Å². The molecule has 2 aromatic carbocycles. The van der Waals surface area contributed by atoms with E-state index in [1.165, 1.54) is 24.3 Å². The zero-order valence-corrected chi connectivity index (χ0v) is 14.0. The lowest BCUT2D eigenvalue weighted by atomic mass is 10.2. The van der Waals surface area contributed by atoms with Crippen molar-refractivity contribution in [3.05, 3.63) is 57.5 Å². The maximum atomic E-state index is 11.9. The van der Waals surface area contributed by atoms with Crippen LogP contribution in [0.2, 0.25) is 5.02 Å². The third-order valence-electron chi connectivity index (χ3n) is 2.82. The van der Waals surface area contributed by atoms with E-state index in [9.17, 15) is 9.90 Å². The second-order valence-electron chi connectivity index (χ2n) is 4.37. The summed E-state index contributed by atoms with van der Waals surface area (Å²) in [6, 6.07) is 9.90. The van der Waals surface area contributed by atoms with Gasteiger partial charge in [-0.25, -0.2) is 0 Å². The van der Waals surface area contributed by atoms with Gasteiger partial charge in [-0.2, -0.15) is 0 Å². The van der Waals surface area contributed by atoms with Crippen molar-refractivity contribution in [1.82, 2.24) is 0 Å². The second-order valence-corrected chi connectivity index (χ2v) is 5.72. The molecule has 0 fully saturated rings. The van der Waals surface area contributed by atoms with Crippen molar-refractivity contribution in [3.8, 4) is 11.5 Å². The van der Waals surface area contributed by atoms with Gasteiger partial charge in [0.25, 0.3) is 0 Å². The minimum absolute atomic E-state index is 0.0498. The third-order valence-corrected chi connectivity index (χ3v) is 3.55. The number of hydrogen-bond donors (Lipinski definition) is 2. The smallest absolute Gasteiger partial charge is 0.248 e. The number of aromatic hydroxyl groups is 1. The monoisotopic (exact) mass is 381 g/mol. The van der Waals surface area contributed by atoms with Crippen LogP contribution in [0.1, 0.15) is 5.56 Å². The fourth-order valence-corrected chi connectivity index (χ4v) is 2.33. The minimum atomic E-state index is -0.389. The van der Waals surface area contributed by atoms with Crippen molar-refractivity contribution in [2.24, 2.45) is 0 Å². The standard InChI is InChI=1S/C16H13BrClNO3/c1-22-15-6-3-11(17)8-10(15)2-7-16(21)19-13-9-12(18)4-5-14(13)20/h2-9,20H,1H3,(H,19,21)/b7-2+. The van der Waals surface area contributed by atoms with Crippen LogP contribution in [0.25, 0.3) is 6.08 Å². The predicted molar refractivity (Wildman–Crippen MR) is 91.5 cm³/mol. The molecule has 0 unspecified atom stereocenters. The number of methoxy groups -OCH3 is 1. The van der Waals surface area contributed by atoms with Crippen LogP contribution < -0.4 is 10.1 Å². The van der Waals surface area contributed by atoms with Crippen molar-refractivity contribution in [3.63, 3.8) is 0 Å². The number of halogens is 2. The Morgan fingerprint density at radius 1 is 1.32 bits per heavy atom. The van der Waals surface area contributed by atoms with Crippen LogP contribution in [0.4, 0.5) is 5.69 Å². The molecule has 0 aromatic heterocycles. The van der Waals surface area contributed by atoms with Crippen LogP contribution >= 0.6 is 27.5 Å². The summed E-state index contributed by atoms with van der Waals surface area (Å²) in [5.74, 6) is 0.212. The predicted octanol–water partition coefficient (Wildman–Crippen LogP) is 4.47. The van der Waals surface area contributed by atoms with Crippen molar-refractivity contribution < 1.29 is 14.6 Å². The average Bonchev–Trinajstić information content (AvgIpc) is 2.49. The normalized spacial score (nSPS) is 10.7. The highest BCUT2D eigenvalue weighted by molar-refractivity contribution is 9.10. The van der Waals surface area contributed by atoms with E-state index in [2.05, 4.69) is 21.2 Å². The van der Waals surface area contributed by atoms with E-state index in [1.54, 1.807) is 19.3 Å². The SMILES string of the molecule is COc1ccc(Br)cc1/C=C/C(=O)Nc1cc(Cl)ccc1O. The number of rotatable bonds is 4. The number of benzene rings is 2. The summed E-state index contributed by atoms with van der Waals surface area (Å²) in [5, 5.41) is 12.6. The van der Waals surface area contributed by atoms with E-state index in [0.717, 1.165) is 10.0 Å². The first-order chi connectivity index (χ1) is 10.5. The van der Waals surface area contributed by atoms with E-state index in [1.807, 2.05) is 12.1 Å². The van der Waals surface area contributed by atoms with Gasteiger partial charge in [0, 0.05) is 21.1 Å². The van der Waals surface area contributed by atoms with E-state index < -0.39 is 0 Å². The lowest BCUT2D eigenvalue weighted by Gasteiger charge is -2.06. The molecule has 6 heteroatoms. The van der Waals surface area contributed by atoms with Crippen LogP contribution in [0.5, 0.6) is 11.5 Å². The molecule has 1 amide bonds. The number of carbonyl (C=O) groups excluding carboxylic acids is 1. The molecule has 22 heavy (non-hydrogen) atoms. The number of phenols is 1. The first kappa shape index (κ1) is 16.4. The van der Waals surface area contributed by atoms with Crippen LogP contribution in [0, 0.1) is 0 Å². The first-order valence-electron chi connectivity index (χ1n) is 6.30. The molecular weight excluding hydrogens is 370 g/mol. The Morgan fingerprint density at radius 2 is 2.09 bits per heavy atom. The van der Waals surface area contributed by atoms with Gasteiger partial charge < -0.3 is 15.2 Å². The molecule has 0 saturated heterocycles. The Kier molecular flexibility index (Phi) is 5.46. The van der Waals surface area contributed by atoms with Crippen LogP contribution in [0.3, 0.4) is 0 Å². The molecular formula is C16H13BrClNO3. The largest absolute Gasteiger partial charge is 0.506 e. The molecule has 2 rings (SSSR count). The molecule has 2 aromatic rings. The van der Waals surface area contributed by atoms with Crippen LogP contribution in [-0.4, -0.2) is 18.1 Å².